The van der Waals surface area contributed by atoms with E-state index in [0.29, 0.717) is 19.8 Å². The molecular formula is C11H14F2N2O2. The predicted molar refractivity (Wildman–Crippen MR) is 59.9 cm³/mol. The fourth-order valence-electron chi connectivity index (χ4n) is 1.14. The van der Waals surface area contributed by atoms with Crippen molar-refractivity contribution in [2.24, 2.45) is 0 Å². The van der Waals surface area contributed by atoms with Crippen molar-refractivity contribution < 1.29 is 18.3 Å². The number of benzene rings is 1. The van der Waals surface area contributed by atoms with Crippen molar-refractivity contribution in [2.75, 3.05) is 25.1 Å². The molecule has 1 aromatic carbocycles. The first-order valence-electron chi connectivity index (χ1n) is 5.21. The molecule has 17 heavy (non-hydrogen) atoms. The van der Waals surface area contributed by atoms with Gasteiger partial charge in [-0.2, -0.15) is 0 Å². The standard InChI is InChI=1S/C11H14F2N2O2/c1-2-17-6-5-14-11(16)15-10-7-8(12)3-4-9(10)13/h3-4,7H,2,5-6H2,1H3,(H2,14,15,16). The number of urea groups is 1. The van der Waals surface area contributed by atoms with Gasteiger partial charge in [0.25, 0.3) is 0 Å². The van der Waals surface area contributed by atoms with Gasteiger partial charge in [-0.15, -0.1) is 0 Å². The molecule has 2 amide bonds. The van der Waals surface area contributed by atoms with Crippen LogP contribution in [0.15, 0.2) is 18.2 Å². The third-order valence-corrected chi connectivity index (χ3v) is 1.91. The molecule has 6 heteroatoms. The van der Waals surface area contributed by atoms with Gasteiger partial charge >= 0.3 is 6.03 Å². The van der Waals surface area contributed by atoms with Crippen molar-refractivity contribution in [1.82, 2.24) is 5.32 Å². The van der Waals surface area contributed by atoms with Crippen LogP contribution in [0.25, 0.3) is 0 Å². The molecule has 1 rings (SSSR count). The van der Waals surface area contributed by atoms with Crippen molar-refractivity contribution in [1.29, 1.82) is 0 Å². The van der Waals surface area contributed by atoms with E-state index in [0.717, 1.165) is 18.2 Å². The van der Waals surface area contributed by atoms with E-state index in [1.807, 2.05) is 6.92 Å². The lowest BCUT2D eigenvalue weighted by molar-refractivity contribution is 0.150. The van der Waals surface area contributed by atoms with Crippen LogP contribution in [0.4, 0.5) is 19.3 Å². The zero-order valence-corrected chi connectivity index (χ0v) is 9.43. The highest BCUT2D eigenvalue weighted by Crippen LogP contribution is 2.14. The van der Waals surface area contributed by atoms with E-state index in [2.05, 4.69) is 10.6 Å². The van der Waals surface area contributed by atoms with Crippen LogP contribution in [0.3, 0.4) is 0 Å². The van der Waals surface area contributed by atoms with E-state index in [1.54, 1.807) is 0 Å². The number of hydrogen-bond donors (Lipinski definition) is 2. The quantitative estimate of drug-likeness (QED) is 0.779. The van der Waals surface area contributed by atoms with E-state index in [1.165, 1.54) is 0 Å². The highest BCUT2D eigenvalue weighted by molar-refractivity contribution is 5.89. The fraction of sp³-hybridized carbons (Fsp3) is 0.364. The average Bonchev–Trinajstić information content (AvgIpc) is 2.29. The third kappa shape index (κ3) is 4.78. The van der Waals surface area contributed by atoms with Gasteiger partial charge in [0.2, 0.25) is 0 Å². The van der Waals surface area contributed by atoms with Crippen LogP contribution in [0.5, 0.6) is 0 Å². The molecule has 0 fully saturated rings. The molecule has 0 aromatic heterocycles. The van der Waals surface area contributed by atoms with Gasteiger partial charge in [0, 0.05) is 19.2 Å². The van der Waals surface area contributed by atoms with E-state index in [9.17, 15) is 13.6 Å². The van der Waals surface area contributed by atoms with E-state index < -0.39 is 17.7 Å². The Hall–Kier alpha value is -1.69. The minimum absolute atomic E-state index is 0.195. The van der Waals surface area contributed by atoms with Gasteiger partial charge in [-0.3, -0.25) is 0 Å². The molecule has 0 aliphatic carbocycles. The maximum atomic E-state index is 13.1. The fourth-order valence-corrected chi connectivity index (χ4v) is 1.14. The summed E-state index contributed by atoms with van der Waals surface area (Å²) in [6, 6.07) is 2.24. The largest absolute Gasteiger partial charge is 0.380 e. The van der Waals surface area contributed by atoms with Crippen molar-refractivity contribution in [3.8, 4) is 0 Å². The molecule has 0 aliphatic heterocycles. The van der Waals surface area contributed by atoms with Crippen molar-refractivity contribution in [2.45, 2.75) is 6.92 Å². The zero-order valence-electron chi connectivity index (χ0n) is 9.43. The van der Waals surface area contributed by atoms with Gasteiger partial charge < -0.3 is 15.4 Å². The summed E-state index contributed by atoms with van der Waals surface area (Å²) in [6.45, 7) is 3.07. The Morgan fingerprint density at radius 2 is 2.18 bits per heavy atom. The van der Waals surface area contributed by atoms with Crippen LogP contribution in [0, 0.1) is 11.6 Å². The number of hydrogen-bond acceptors (Lipinski definition) is 2. The van der Waals surface area contributed by atoms with Crippen molar-refractivity contribution in [3.63, 3.8) is 0 Å². The SMILES string of the molecule is CCOCCNC(=O)Nc1cc(F)ccc1F. The van der Waals surface area contributed by atoms with Crippen LogP contribution >= 0.6 is 0 Å². The van der Waals surface area contributed by atoms with Crippen LogP contribution in [0.2, 0.25) is 0 Å². The number of carbonyl (C=O) groups is 1. The lowest BCUT2D eigenvalue weighted by atomic mass is 10.3. The van der Waals surface area contributed by atoms with Crippen molar-refractivity contribution in [3.05, 3.63) is 29.8 Å². The molecule has 0 spiro atoms. The molecule has 94 valence electrons. The lowest BCUT2D eigenvalue weighted by Crippen LogP contribution is -2.31. The number of carbonyl (C=O) groups excluding carboxylic acids is 1. The summed E-state index contributed by atoms with van der Waals surface area (Å²) >= 11 is 0. The molecule has 0 atom stereocenters. The Morgan fingerprint density at radius 1 is 1.41 bits per heavy atom. The average molecular weight is 244 g/mol. The minimum atomic E-state index is -0.689. The first-order valence-corrected chi connectivity index (χ1v) is 5.21. The summed E-state index contributed by atoms with van der Waals surface area (Å²) in [6.07, 6.45) is 0. The lowest BCUT2D eigenvalue weighted by Gasteiger charge is -2.08. The molecular weight excluding hydrogens is 230 g/mol. The second kappa shape index (κ2) is 6.80. The summed E-state index contributed by atoms with van der Waals surface area (Å²) in [7, 11) is 0. The Bertz CT molecular complexity index is 386. The molecule has 2 N–H and O–H groups in total. The Morgan fingerprint density at radius 3 is 2.88 bits per heavy atom. The Labute approximate surface area is 98.0 Å². The number of ether oxygens (including phenoxy) is 1. The third-order valence-electron chi connectivity index (χ3n) is 1.91. The Kier molecular flexibility index (Phi) is 5.35. The first kappa shape index (κ1) is 13.4. The summed E-state index contributed by atoms with van der Waals surface area (Å²) in [5.74, 6) is -1.30. The van der Waals surface area contributed by atoms with Crippen LogP contribution in [0.1, 0.15) is 6.92 Å². The highest BCUT2D eigenvalue weighted by Gasteiger charge is 2.07. The van der Waals surface area contributed by atoms with Gasteiger partial charge in [0.15, 0.2) is 0 Å². The summed E-state index contributed by atoms with van der Waals surface area (Å²) in [5, 5.41) is 4.66. The topological polar surface area (TPSA) is 50.4 Å². The van der Waals surface area contributed by atoms with E-state index in [4.69, 9.17) is 4.74 Å². The molecule has 1 aromatic rings. The number of anilines is 1. The molecule has 0 unspecified atom stereocenters. The summed E-state index contributed by atoms with van der Waals surface area (Å²) in [5.41, 5.74) is -0.195. The van der Waals surface area contributed by atoms with E-state index >= 15 is 0 Å². The maximum Gasteiger partial charge on any atom is 0.319 e. The van der Waals surface area contributed by atoms with Gasteiger partial charge in [0.1, 0.15) is 11.6 Å². The molecule has 0 aliphatic rings. The molecule has 0 saturated carbocycles. The van der Waals surface area contributed by atoms with Crippen LogP contribution in [-0.4, -0.2) is 25.8 Å². The van der Waals surface area contributed by atoms with Crippen LogP contribution < -0.4 is 10.6 Å². The first-order chi connectivity index (χ1) is 8.13. The molecule has 4 nitrogen and oxygen atoms in total. The van der Waals surface area contributed by atoms with Gasteiger partial charge in [0.05, 0.1) is 12.3 Å². The zero-order chi connectivity index (χ0) is 12.7. The minimum Gasteiger partial charge on any atom is -0.380 e. The van der Waals surface area contributed by atoms with Crippen LogP contribution in [-0.2, 0) is 4.74 Å². The molecule has 0 saturated heterocycles. The second-order valence-electron chi connectivity index (χ2n) is 3.20. The normalized spacial score (nSPS) is 10.1. The summed E-state index contributed by atoms with van der Waals surface area (Å²) < 4.78 is 30.9. The maximum absolute atomic E-state index is 13.1. The number of rotatable bonds is 5. The number of halogens is 2. The van der Waals surface area contributed by atoms with E-state index in [-0.39, 0.29) is 5.69 Å². The molecule has 0 heterocycles. The molecule has 0 bridgehead atoms. The van der Waals surface area contributed by atoms with Gasteiger partial charge in [-0.05, 0) is 19.1 Å². The number of amides is 2. The van der Waals surface area contributed by atoms with Gasteiger partial charge in [-0.25, -0.2) is 13.6 Å². The smallest absolute Gasteiger partial charge is 0.319 e. The van der Waals surface area contributed by atoms with Gasteiger partial charge in [-0.1, -0.05) is 0 Å². The highest BCUT2D eigenvalue weighted by atomic mass is 19.1. The monoisotopic (exact) mass is 244 g/mol. The second-order valence-corrected chi connectivity index (χ2v) is 3.20. The Balaban J connectivity index is 2.42. The predicted octanol–water partition coefficient (Wildman–Crippen LogP) is 2.12. The number of nitrogens with one attached hydrogen (secondary N) is 2. The summed E-state index contributed by atoms with van der Waals surface area (Å²) in [4.78, 5) is 11.3. The van der Waals surface area contributed by atoms with Crippen molar-refractivity contribution >= 4 is 11.7 Å². The molecule has 0 radical (unpaired) electrons.